The van der Waals surface area contributed by atoms with Gasteiger partial charge in [-0.2, -0.15) is 0 Å². The molecule has 1 saturated heterocycles. The molecule has 0 aromatic heterocycles. The van der Waals surface area contributed by atoms with Crippen LogP contribution in [0.1, 0.15) is 52.9 Å². The smallest absolute Gasteiger partial charge is 0.191 e. The molecule has 2 fully saturated rings. The van der Waals surface area contributed by atoms with Gasteiger partial charge < -0.3 is 15.5 Å². The summed E-state index contributed by atoms with van der Waals surface area (Å²) < 4.78 is 0. The Morgan fingerprint density at radius 2 is 2.04 bits per heavy atom. The topological polar surface area (TPSA) is 39.7 Å². The van der Waals surface area contributed by atoms with E-state index in [0.717, 1.165) is 37.4 Å². The van der Waals surface area contributed by atoms with E-state index in [1.165, 1.54) is 45.2 Å². The molecule has 0 aromatic carbocycles. The molecule has 1 saturated carbocycles. The average Bonchev–Trinajstić information content (AvgIpc) is 2.84. The Morgan fingerprint density at radius 1 is 1.30 bits per heavy atom. The lowest BCUT2D eigenvalue weighted by atomic mass is 9.64. The van der Waals surface area contributed by atoms with Gasteiger partial charge >= 0.3 is 0 Å². The fourth-order valence-electron chi connectivity index (χ4n) is 3.99. The number of rotatable bonds is 7. The number of halogens is 1. The zero-order valence-electron chi connectivity index (χ0n) is 15.5. The summed E-state index contributed by atoms with van der Waals surface area (Å²) in [5.74, 6) is 2.56. The Morgan fingerprint density at radius 3 is 2.52 bits per heavy atom. The van der Waals surface area contributed by atoms with Crippen LogP contribution in [0.2, 0.25) is 0 Å². The molecule has 0 aromatic rings. The second-order valence-electron chi connectivity index (χ2n) is 7.94. The molecule has 136 valence electrons. The summed E-state index contributed by atoms with van der Waals surface area (Å²) in [5, 5.41) is 6.99. The molecule has 0 radical (unpaired) electrons. The van der Waals surface area contributed by atoms with Crippen LogP contribution in [0, 0.1) is 17.3 Å². The first-order valence-corrected chi connectivity index (χ1v) is 9.24. The van der Waals surface area contributed by atoms with Crippen LogP contribution in [-0.4, -0.2) is 50.6 Å². The lowest BCUT2D eigenvalue weighted by Crippen LogP contribution is -2.42. The van der Waals surface area contributed by atoms with Gasteiger partial charge in [0.05, 0.1) is 0 Å². The Balaban J connectivity index is 0.00000264. The summed E-state index contributed by atoms with van der Waals surface area (Å²) in [7, 11) is 2.21. The Kier molecular flexibility index (Phi) is 9.19. The van der Waals surface area contributed by atoms with Gasteiger partial charge in [-0.25, -0.2) is 0 Å². The van der Waals surface area contributed by atoms with Crippen molar-refractivity contribution in [2.75, 3.05) is 39.8 Å². The van der Waals surface area contributed by atoms with Gasteiger partial charge in [0.15, 0.2) is 5.96 Å². The standard InChI is InChI=1S/C18H36N4.HI/c1-5-19-17(20-12-16-7-10-22(4)13-16)21-14-18(8-6-9-18)11-15(2)3;/h15-16H,5-14H2,1-4H3,(H2,19,20,21);1H. The maximum absolute atomic E-state index is 4.92. The zero-order chi connectivity index (χ0) is 16.0. The number of likely N-dealkylation sites (tertiary alicyclic amines) is 1. The van der Waals surface area contributed by atoms with E-state index in [1.54, 1.807) is 0 Å². The molecule has 1 aliphatic heterocycles. The van der Waals surface area contributed by atoms with Crippen molar-refractivity contribution in [1.29, 1.82) is 0 Å². The summed E-state index contributed by atoms with van der Waals surface area (Å²) in [6.45, 7) is 12.2. The molecule has 0 bridgehead atoms. The van der Waals surface area contributed by atoms with Crippen LogP contribution in [0.4, 0.5) is 0 Å². The molecule has 2 N–H and O–H groups in total. The highest BCUT2D eigenvalue weighted by molar-refractivity contribution is 14.0. The maximum atomic E-state index is 4.92. The Hall–Kier alpha value is -0.0400. The number of nitrogens with zero attached hydrogens (tertiary/aromatic N) is 2. The fraction of sp³-hybridized carbons (Fsp3) is 0.944. The van der Waals surface area contributed by atoms with Crippen molar-refractivity contribution in [2.45, 2.75) is 52.9 Å². The minimum Gasteiger partial charge on any atom is -0.357 e. The number of hydrogen-bond acceptors (Lipinski definition) is 2. The third-order valence-electron chi connectivity index (χ3n) is 5.22. The van der Waals surface area contributed by atoms with Crippen LogP contribution in [0.5, 0.6) is 0 Å². The number of nitrogens with one attached hydrogen (secondary N) is 2. The van der Waals surface area contributed by atoms with E-state index in [-0.39, 0.29) is 24.0 Å². The quantitative estimate of drug-likeness (QED) is 0.366. The number of hydrogen-bond donors (Lipinski definition) is 2. The van der Waals surface area contributed by atoms with Crippen molar-refractivity contribution in [3.63, 3.8) is 0 Å². The van der Waals surface area contributed by atoms with Gasteiger partial charge in [-0.05, 0) is 63.5 Å². The predicted octanol–water partition coefficient (Wildman–Crippen LogP) is 3.33. The summed E-state index contributed by atoms with van der Waals surface area (Å²) >= 11 is 0. The number of aliphatic imine (C=N–C) groups is 1. The second kappa shape index (κ2) is 10.1. The Labute approximate surface area is 160 Å². The lowest BCUT2D eigenvalue weighted by molar-refractivity contribution is 0.111. The first kappa shape index (κ1) is 21.0. The highest BCUT2D eigenvalue weighted by Gasteiger charge is 2.37. The van der Waals surface area contributed by atoms with Crippen LogP contribution >= 0.6 is 24.0 Å². The van der Waals surface area contributed by atoms with E-state index in [4.69, 9.17) is 4.99 Å². The third kappa shape index (κ3) is 6.77. The van der Waals surface area contributed by atoms with Gasteiger partial charge in [0, 0.05) is 26.2 Å². The van der Waals surface area contributed by atoms with E-state index < -0.39 is 0 Å². The lowest BCUT2D eigenvalue weighted by Gasteiger charge is -2.42. The minimum atomic E-state index is 0. The maximum Gasteiger partial charge on any atom is 0.191 e. The molecule has 1 aliphatic carbocycles. The van der Waals surface area contributed by atoms with E-state index in [2.05, 4.69) is 43.4 Å². The predicted molar refractivity (Wildman–Crippen MR) is 111 cm³/mol. The molecule has 4 nitrogen and oxygen atoms in total. The van der Waals surface area contributed by atoms with E-state index in [0.29, 0.717) is 5.41 Å². The minimum absolute atomic E-state index is 0. The summed E-state index contributed by atoms with van der Waals surface area (Å²) in [6.07, 6.45) is 6.74. The average molecular weight is 436 g/mol. The van der Waals surface area contributed by atoms with Gasteiger partial charge in [0.2, 0.25) is 0 Å². The SMILES string of the molecule is CCNC(=NCC1(CC(C)C)CCC1)NCC1CCN(C)C1.I. The molecule has 0 spiro atoms. The van der Waals surface area contributed by atoms with E-state index >= 15 is 0 Å². The van der Waals surface area contributed by atoms with Gasteiger partial charge in [-0.1, -0.05) is 20.3 Å². The highest BCUT2D eigenvalue weighted by Crippen LogP contribution is 2.46. The van der Waals surface area contributed by atoms with Crippen LogP contribution in [0.3, 0.4) is 0 Å². The third-order valence-corrected chi connectivity index (χ3v) is 5.22. The molecule has 1 atom stereocenters. The zero-order valence-corrected chi connectivity index (χ0v) is 17.9. The van der Waals surface area contributed by atoms with Gasteiger partial charge in [-0.15, -0.1) is 24.0 Å². The second-order valence-corrected chi connectivity index (χ2v) is 7.94. The van der Waals surface area contributed by atoms with Crippen LogP contribution < -0.4 is 10.6 Å². The van der Waals surface area contributed by atoms with Gasteiger partial charge in [0.25, 0.3) is 0 Å². The molecule has 1 heterocycles. The van der Waals surface area contributed by atoms with Crippen LogP contribution in [0.15, 0.2) is 4.99 Å². The molecule has 5 heteroatoms. The monoisotopic (exact) mass is 436 g/mol. The van der Waals surface area contributed by atoms with Crippen molar-refractivity contribution >= 4 is 29.9 Å². The molecule has 23 heavy (non-hydrogen) atoms. The fourth-order valence-corrected chi connectivity index (χ4v) is 3.99. The summed E-state index contributed by atoms with van der Waals surface area (Å²) in [6, 6.07) is 0. The summed E-state index contributed by atoms with van der Waals surface area (Å²) in [5.41, 5.74) is 0.490. The van der Waals surface area contributed by atoms with Crippen molar-refractivity contribution in [1.82, 2.24) is 15.5 Å². The molecular weight excluding hydrogens is 399 g/mol. The highest BCUT2D eigenvalue weighted by atomic mass is 127. The van der Waals surface area contributed by atoms with E-state index in [1.807, 2.05) is 0 Å². The molecule has 1 unspecified atom stereocenters. The molecule has 0 amide bonds. The van der Waals surface area contributed by atoms with Crippen LogP contribution in [-0.2, 0) is 0 Å². The van der Waals surface area contributed by atoms with Crippen molar-refractivity contribution < 1.29 is 0 Å². The first-order valence-electron chi connectivity index (χ1n) is 9.24. The molecule has 2 rings (SSSR count). The van der Waals surface area contributed by atoms with Crippen molar-refractivity contribution in [3.8, 4) is 0 Å². The molecule has 2 aliphatic rings. The normalized spacial score (nSPS) is 24.2. The van der Waals surface area contributed by atoms with Gasteiger partial charge in [0.1, 0.15) is 0 Å². The van der Waals surface area contributed by atoms with Crippen molar-refractivity contribution in [3.05, 3.63) is 0 Å². The largest absolute Gasteiger partial charge is 0.357 e. The van der Waals surface area contributed by atoms with Crippen molar-refractivity contribution in [2.24, 2.45) is 22.2 Å². The number of guanidine groups is 1. The Bertz CT molecular complexity index is 366. The summed E-state index contributed by atoms with van der Waals surface area (Å²) in [4.78, 5) is 7.34. The van der Waals surface area contributed by atoms with E-state index in [9.17, 15) is 0 Å². The molecular formula is C18H37IN4. The van der Waals surface area contributed by atoms with Crippen LogP contribution in [0.25, 0.3) is 0 Å². The van der Waals surface area contributed by atoms with Gasteiger partial charge in [-0.3, -0.25) is 4.99 Å². The first-order chi connectivity index (χ1) is 10.5.